The van der Waals surface area contributed by atoms with Crippen molar-refractivity contribution in [1.82, 2.24) is 0 Å². The van der Waals surface area contributed by atoms with E-state index in [1.165, 1.54) is 11.3 Å². The fourth-order valence-corrected chi connectivity index (χ4v) is 4.22. The third-order valence-corrected chi connectivity index (χ3v) is 5.64. The van der Waals surface area contributed by atoms with E-state index >= 15 is 0 Å². The number of amides is 1. The van der Waals surface area contributed by atoms with Gasteiger partial charge in [0.1, 0.15) is 11.6 Å². The van der Waals surface area contributed by atoms with E-state index in [1.807, 2.05) is 37.3 Å². The van der Waals surface area contributed by atoms with Crippen LogP contribution in [0.15, 0.2) is 54.1 Å². The number of carbonyl (C=O) groups is 1. The summed E-state index contributed by atoms with van der Waals surface area (Å²) in [6, 6.07) is 15.8. The van der Waals surface area contributed by atoms with E-state index in [0.717, 1.165) is 35.3 Å². The summed E-state index contributed by atoms with van der Waals surface area (Å²) < 4.78 is 0. The minimum absolute atomic E-state index is 0.0481. The lowest BCUT2D eigenvalue weighted by Gasteiger charge is -2.42. The van der Waals surface area contributed by atoms with E-state index in [-0.39, 0.29) is 17.0 Å². The minimum Gasteiger partial charge on any atom is -0.363 e. The number of likely N-dealkylation sites (N-methyl/N-ethyl adjacent to an activating group) is 1. The zero-order valence-corrected chi connectivity index (χ0v) is 18.4. The largest absolute Gasteiger partial charge is 0.363 e. The Morgan fingerprint density at radius 1 is 1.20 bits per heavy atom. The van der Waals surface area contributed by atoms with Gasteiger partial charge in [-0.3, -0.25) is 4.79 Å². The van der Waals surface area contributed by atoms with Crippen LogP contribution in [0, 0.1) is 11.3 Å². The van der Waals surface area contributed by atoms with Crippen molar-refractivity contribution in [3.05, 3.63) is 70.8 Å². The highest BCUT2D eigenvalue weighted by Crippen LogP contribution is 2.39. The van der Waals surface area contributed by atoms with Gasteiger partial charge in [-0.15, -0.1) is 0 Å². The van der Waals surface area contributed by atoms with E-state index < -0.39 is 0 Å². The minimum atomic E-state index is -0.389. The summed E-state index contributed by atoms with van der Waals surface area (Å²) >= 11 is 0. The Labute approximate surface area is 179 Å². The third-order valence-electron chi connectivity index (χ3n) is 5.64. The molecule has 0 aliphatic carbocycles. The molecule has 1 heterocycles. The van der Waals surface area contributed by atoms with Gasteiger partial charge >= 0.3 is 0 Å². The first kappa shape index (κ1) is 21.4. The monoisotopic (exact) mass is 399 g/mol. The van der Waals surface area contributed by atoms with Gasteiger partial charge in [0.15, 0.2) is 0 Å². The standard InChI is InChI=1S/C26H29N3O/c1-6-20-10-8-9-11-23(20)28-25(30)21(17-27)14-19-12-13-24-22(15-19)18(3)16-26(4,5)29(24)7-2/h8-16H,6-7H2,1-5H3,(H,28,30)/b21-14-. The Balaban J connectivity index is 1.93. The van der Waals surface area contributed by atoms with Gasteiger partial charge in [0.2, 0.25) is 0 Å². The van der Waals surface area contributed by atoms with E-state index in [0.29, 0.717) is 0 Å². The normalized spacial score (nSPS) is 15.1. The van der Waals surface area contributed by atoms with E-state index in [9.17, 15) is 10.1 Å². The highest BCUT2D eigenvalue weighted by molar-refractivity contribution is 6.10. The highest BCUT2D eigenvalue weighted by Gasteiger charge is 2.30. The Morgan fingerprint density at radius 2 is 1.93 bits per heavy atom. The summed E-state index contributed by atoms with van der Waals surface area (Å²) in [5.41, 5.74) is 6.19. The summed E-state index contributed by atoms with van der Waals surface area (Å²) in [4.78, 5) is 15.1. The van der Waals surface area contributed by atoms with Gasteiger partial charge in [0, 0.05) is 23.5 Å². The van der Waals surface area contributed by atoms with Crippen molar-refractivity contribution in [2.45, 2.75) is 46.6 Å². The molecule has 0 spiro atoms. The molecule has 1 amide bonds. The van der Waals surface area contributed by atoms with Gasteiger partial charge < -0.3 is 10.2 Å². The molecule has 1 N–H and O–H groups in total. The molecule has 154 valence electrons. The average Bonchev–Trinajstić information content (AvgIpc) is 2.72. The predicted octanol–water partition coefficient (Wildman–Crippen LogP) is 5.82. The van der Waals surface area contributed by atoms with Crippen LogP contribution >= 0.6 is 0 Å². The van der Waals surface area contributed by atoms with Crippen molar-refractivity contribution in [3.63, 3.8) is 0 Å². The zero-order valence-electron chi connectivity index (χ0n) is 18.4. The van der Waals surface area contributed by atoms with Crippen LogP contribution in [0.25, 0.3) is 11.6 Å². The summed E-state index contributed by atoms with van der Waals surface area (Å²) in [6.07, 6.45) is 4.74. The van der Waals surface area contributed by atoms with Crippen molar-refractivity contribution in [3.8, 4) is 6.07 Å². The van der Waals surface area contributed by atoms with Crippen LogP contribution in [0.4, 0.5) is 11.4 Å². The number of rotatable bonds is 5. The molecule has 0 bridgehead atoms. The van der Waals surface area contributed by atoms with Crippen LogP contribution in [0.1, 0.15) is 51.3 Å². The molecule has 2 aromatic carbocycles. The number of nitrogens with one attached hydrogen (secondary N) is 1. The van der Waals surface area contributed by atoms with Crippen LogP contribution in [-0.4, -0.2) is 18.0 Å². The Kier molecular flexibility index (Phi) is 6.12. The molecule has 0 unspecified atom stereocenters. The van der Waals surface area contributed by atoms with Gasteiger partial charge in [-0.25, -0.2) is 0 Å². The van der Waals surface area contributed by atoms with Gasteiger partial charge in [-0.2, -0.15) is 5.26 Å². The number of aryl methyl sites for hydroxylation is 1. The molecule has 30 heavy (non-hydrogen) atoms. The maximum atomic E-state index is 12.7. The first-order valence-corrected chi connectivity index (χ1v) is 10.4. The summed E-state index contributed by atoms with van der Waals surface area (Å²) in [7, 11) is 0. The second-order valence-electron chi connectivity index (χ2n) is 8.14. The lowest BCUT2D eigenvalue weighted by molar-refractivity contribution is -0.112. The smallest absolute Gasteiger partial charge is 0.266 e. The van der Waals surface area contributed by atoms with Crippen molar-refractivity contribution < 1.29 is 4.79 Å². The van der Waals surface area contributed by atoms with Gasteiger partial charge in [-0.1, -0.05) is 37.3 Å². The molecule has 3 rings (SSSR count). The predicted molar refractivity (Wildman–Crippen MR) is 125 cm³/mol. The fourth-order valence-electron chi connectivity index (χ4n) is 4.22. The van der Waals surface area contributed by atoms with Crippen molar-refractivity contribution in [1.29, 1.82) is 5.26 Å². The number of nitriles is 1. The van der Waals surface area contributed by atoms with Crippen LogP contribution < -0.4 is 10.2 Å². The van der Waals surface area contributed by atoms with Gasteiger partial charge in [-0.05, 0) is 75.1 Å². The summed E-state index contributed by atoms with van der Waals surface area (Å²) in [6.45, 7) is 11.6. The van der Waals surface area contributed by atoms with Gasteiger partial charge in [0.25, 0.3) is 5.91 Å². The fraction of sp³-hybridized carbons (Fsp3) is 0.308. The molecule has 4 heteroatoms. The van der Waals surface area contributed by atoms with E-state index in [1.54, 1.807) is 6.08 Å². The second kappa shape index (κ2) is 8.59. The SMILES string of the molecule is CCc1ccccc1NC(=O)/C(C#N)=C\c1ccc2c(c1)C(C)=CC(C)(C)N2CC. The summed E-state index contributed by atoms with van der Waals surface area (Å²) in [5, 5.41) is 12.5. The van der Waals surface area contributed by atoms with Gasteiger partial charge in [0.05, 0.1) is 5.54 Å². The lowest BCUT2D eigenvalue weighted by atomic mass is 9.88. The highest BCUT2D eigenvalue weighted by atomic mass is 16.1. The Morgan fingerprint density at radius 3 is 2.60 bits per heavy atom. The molecule has 0 radical (unpaired) electrons. The number of carbonyl (C=O) groups excluding carboxylic acids is 1. The molecule has 4 nitrogen and oxygen atoms in total. The Hall–Kier alpha value is -3.32. The number of anilines is 2. The molecule has 0 fully saturated rings. The molecular formula is C26H29N3O. The van der Waals surface area contributed by atoms with E-state index in [4.69, 9.17) is 0 Å². The van der Waals surface area contributed by atoms with Crippen molar-refractivity contribution in [2.75, 3.05) is 16.8 Å². The number of allylic oxidation sites excluding steroid dienone is 1. The van der Waals surface area contributed by atoms with Crippen LogP contribution in [0.2, 0.25) is 0 Å². The molecular weight excluding hydrogens is 370 g/mol. The molecule has 1 aliphatic rings. The molecule has 1 aliphatic heterocycles. The maximum absolute atomic E-state index is 12.7. The molecule has 0 saturated heterocycles. The number of nitrogens with zero attached hydrogens (tertiary/aromatic N) is 2. The maximum Gasteiger partial charge on any atom is 0.266 e. The second-order valence-corrected chi connectivity index (χ2v) is 8.14. The van der Waals surface area contributed by atoms with Crippen molar-refractivity contribution >= 4 is 28.9 Å². The number of benzene rings is 2. The third kappa shape index (κ3) is 4.16. The zero-order chi connectivity index (χ0) is 21.9. The quantitative estimate of drug-likeness (QED) is 0.509. The number of para-hydroxylation sites is 1. The summed E-state index contributed by atoms with van der Waals surface area (Å²) in [5.74, 6) is -0.389. The molecule has 0 aromatic heterocycles. The van der Waals surface area contributed by atoms with Crippen LogP contribution in [0.3, 0.4) is 0 Å². The van der Waals surface area contributed by atoms with Crippen molar-refractivity contribution in [2.24, 2.45) is 0 Å². The lowest BCUT2D eigenvalue weighted by Crippen LogP contribution is -2.44. The Bertz CT molecular complexity index is 1070. The number of hydrogen-bond donors (Lipinski definition) is 1. The molecule has 0 atom stereocenters. The molecule has 2 aromatic rings. The van der Waals surface area contributed by atoms with Crippen LogP contribution in [0.5, 0.6) is 0 Å². The van der Waals surface area contributed by atoms with E-state index in [2.05, 4.69) is 62.2 Å². The topological polar surface area (TPSA) is 56.1 Å². The average molecular weight is 400 g/mol. The first-order valence-electron chi connectivity index (χ1n) is 10.4. The van der Waals surface area contributed by atoms with Crippen LogP contribution in [-0.2, 0) is 11.2 Å². The number of fused-ring (bicyclic) bond motifs is 1. The number of hydrogen-bond acceptors (Lipinski definition) is 3. The first-order chi connectivity index (χ1) is 14.3. The molecule has 0 saturated carbocycles.